The molecule has 1 aliphatic heterocycles. The van der Waals surface area contributed by atoms with Crippen molar-refractivity contribution in [3.63, 3.8) is 0 Å². The third kappa shape index (κ3) is 4.17. The van der Waals surface area contributed by atoms with Gasteiger partial charge in [0, 0.05) is 19.1 Å². The summed E-state index contributed by atoms with van der Waals surface area (Å²) < 4.78 is 13.5. The lowest BCUT2D eigenvalue weighted by Crippen LogP contribution is -2.41. The molecule has 1 saturated heterocycles. The Morgan fingerprint density at radius 2 is 2.33 bits per heavy atom. The third-order valence-corrected chi connectivity index (χ3v) is 4.24. The Balaban J connectivity index is 2.13. The molecule has 1 atom stereocenters. The highest BCUT2D eigenvalue weighted by atomic mass is 35.5. The number of benzene rings is 1. The number of unbranched alkanes of at least 4 members (excludes halogenated alkanes) is 1. The van der Waals surface area contributed by atoms with Gasteiger partial charge in [-0.1, -0.05) is 31.0 Å². The molecular weight excluding hydrogens is 291 g/mol. The molecule has 1 heterocycles. The van der Waals surface area contributed by atoms with Crippen LogP contribution in [0, 0.1) is 5.82 Å². The van der Waals surface area contributed by atoms with Crippen LogP contribution in [0.25, 0.3) is 0 Å². The van der Waals surface area contributed by atoms with Crippen LogP contribution in [-0.2, 0) is 0 Å². The normalized spacial score (nSPS) is 18.0. The molecule has 116 valence electrons. The first kappa shape index (κ1) is 16.2. The lowest BCUT2D eigenvalue weighted by Gasteiger charge is -2.26. The smallest absolute Gasteiger partial charge is 0.255 e. The first-order valence-corrected chi connectivity index (χ1v) is 7.98. The van der Waals surface area contributed by atoms with E-state index in [0.29, 0.717) is 19.1 Å². The predicted molar refractivity (Wildman–Crippen MR) is 83.2 cm³/mol. The molecular formula is C16H22ClFN2O. The summed E-state index contributed by atoms with van der Waals surface area (Å²) in [4.78, 5) is 14.5. The van der Waals surface area contributed by atoms with E-state index < -0.39 is 5.82 Å². The zero-order valence-electron chi connectivity index (χ0n) is 12.4. The topological polar surface area (TPSA) is 32.3 Å². The molecule has 0 aliphatic carbocycles. The number of carbonyl (C=O) groups is 1. The highest BCUT2D eigenvalue weighted by Gasteiger charge is 2.24. The van der Waals surface area contributed by atoms with Gasteiger partial charge in [0.25, 0.3) is 5.91 Å². The highest BCUT2D eigenvalue weighted by Crippen LogP contribution is 2.22. The van der Waals surface area contributed by atoms with Gasteiger partial charge in [-0.05, 0) is 37.9 Å². The standard InChI is InChI=1S/C16H22ClFN2O/c1-2-3-10-20(11-12-6-5-9-19-12)16(21)13-7-4-8-14(18)15(13)17/h4,7-8,12,19H,2-3,5-6,9-11H2,1H3. The second-order valence-electron chi connectivity index (χ2n) is 5.50. The van der Waals surface area contributed by atoms with Gasteiger partial charge in [-0.3, -0.25) is 4.79 Å². The number of carbonyl (C=O) groups excluding carboxylic acids is 1. The SMILES string of the molecule is CCCCN(CC1CCCN1)C(=O)c1cccc(F)c1Cl. The monoisotopic (exact) mass is 312 g/mol. The van der Waals surface area contributed by atoms with Gasteiger partial charge in [0.1, 0.15) is 5.82 Å². The van der Waals surface area contributed by atoms with Crippen molar-refractivity contribution < 1.29 is 9.18 Å². The first-order valence-electron chi connectivity index (χ1n) is 7.60. The Labute approximate surface area is 130 Å². The van der Waals surface area contributed by atoms with Crippen LogP contribution in [0.5, 0.6) is 0 Å². The molecule has 0 saturated carbocycles. The Bertz CT molecular complexity index is 489. The molecule has 1 amide bonds. The van der Waals surface area contributed by atoms with Crippen LogP contribution >= 0.6 is 11.6 Å². The van der Waals surface area contributed by atoms with E-state index in [4.69, 9.17) is 11.6 Å². The van der Waals surface area contributed by atoms with Crippen molar-refractivity contribution in [2.75, 3.05) is 19.6 Å². The van der Waals surface area contributed by atoms with E-state index in [0.717, 1.165) is 32.2 Å². The lowest BCUT2D eigenvalue weighted by molar-refractivity contribution is 0.0739. The van der Waals surface area contributed by atoms with Crippen LogP contribution in [0.4, 0.5) is 4.39 Å². The lowest BCUT2D eigenvalue weighted by atomic mass is 10.1. The second kappa shape index (κ2) is 7.76. The molecule has 1 unspecified atom stereocenters. The summed E-state index contributed by atoms with van der Waals surface area (Å²) in [5, 5.41) is 3.31. The number of hydrogen-bond donors (Lipinski definition) is 1. The van der Waals surface area contributed by atoms with E-state index in [2.05, 4.69) is 12.2 Å². The molecule has 5 heteroatoms. The van der Waals surface area contributed by atoms with Crippen LogP contribution in [-0.4, -0.2) is 36.5 Å². The molecule has 1 aromatic carbocycles. The fraction of sp³-hybridized carbons (Fsp3) is 0.562. The van der Waals surface area contributed by atoms with Crippen LogP contribution in [0.1, 0.15) is 43.0 Å². The van der Waals surface area contributed by atoms with E-state index in [-0.39, 0.29) is 16.5 Å². The molecule has 1 N–H and O–H groups in total. The minimum atomic E-state index is -0.544. The number of nitrogens with one attached hydrogen (secondary N) is 1. The van der Waals surface area contributed by atoms with Gasteiger partial charge in [-0.2, -0.15) is 0 Å². The zero-order chi connectivity index (χ0) is 15.2. The van der Waals surface area contributed by atoms with Gasteiger partial charge in [0.15, 0.2) is 0 Å². The van der Waals surface area contributed by atoms with E-state index >= 15 is 0 Å². The minimum absolute atomic E-state index is 0.0802. The highest BCUT2D eigenvalue weighted by molar-refractivity contribution is 6.34. The summed E-state index contributed by atoms with van der Waals surface area (Å²) in [7, 11) is 0. The minimum Gasteiger partial charge on any atom is -0.337 e. The molecule has 1 aliphatic rings. The maximum atomic E-state index is 13.5. The van der Waals surface area contributed by atoms with Gasteiger partial charge in [-0.15, -0.1) is 0 Å². The summed E-state index contributed by atoms with van der Waals surface area (Å²) in [6.45, 7) is 4.43. The Morgan fingerprint density at radius 3 is 3.00 bits per heavy atom. The van der Waals surface area contributed by atoms with Gasteiger partial charge in [-0.25, -0.2) is 4.39 Å². The molecule has 1 aromatic rings. The Kier molecular flexibility index (Phi) is 6.00. The molecule has 0 spiro atoms. The maximum Gasteiger partial charge on any atom is 0.255 e. The van der Waals surface area contributed by atoms with Crippen molar-refractivity contribution in [2.45, 2.75) is 38.6 Å². The first-order chi connectivity index (χ1) is 10.1. The van der Waals surface area contributed by atoms with Gasteiger partial charge in [0.05, 0.1) is 10.6 Å². The molecule has 21 heavy (non-hydrogen) atoms. The Morgan fingerprint density at radius 1 is 1.52 bits per heavy atom. The second-order valence-corrected chi connectivity index (χ2v) is 5.88. The van der Waals surface area contributed by atoms with E-state index in [1.54, 1.807) is 11.0 Å². The van der Waals surface area contributed by atoms with E-state index in [1.165, 1.54) is 12.1 Å². The Hall–Kier alpha value is -1.13. The summed E-state index contributed by atoms with van der Waals surface area (Å²) in [5.41, 5.74) is 0.255. The number of halogens is 2. The fourth-order valence-electron chi connectivity index (χ4n) is 2.64. The summed E-state index contributed by atoms with van der Waals surface area (Å²) in [6, 6.07) is 4.72. The van der Waals surface area contributed by atoms with Crippen molar-refractivity contribution in [3.8, 4) is 0 Å². The molecule has 2 rings (SSSR count). The molecule has 0 aromatic heterocycles. The predicted octanol–water partition coefficient (Wildman–Crippen LogP) is 3.47. The van der Waals surface area contributed by atoms with E-state index in [1.807, 2.05) is 0 Å². The van der Waals surface area contributed by atoms with Crippen molar-refractivity contribution in [1.82, 2.24) is 10.2 Å². The van der Waals surface area contributed by atoms with Crippen LogP contribution in [0.15, 0.2) is 18.2 Å². The number of hydrogen-bond acceptors (Lipinski definition) is 2. The summed E-state index contributed by atoms with van der Waals surface area (Å²) in [5.74, 6) is -0.724. The van der Waals surface area contributed by atoms with Crippen molar-refractivity contribution in [2.24, 2.45) is 0 Å². The van der Waals surface area contributed by atoms with E-state index in [9.17, 15) is 9.18 Å². The average molecular weight is 313 g/mol. The number of rotatable bonds is 6. The van der Waals surface area contributed by atoms with Crippen molar-refractivity contribution >= 4 is 17.5 Å². The van der Waals surface area contributed by atoms with Crippen LogP contribution < -0.4 is 5.32 Å². The molecule has 3 nitrogen and oxygen atoms in total. The average Bonchev–Trinajstić information content (AvgIpc) is 2.98. The van der Waals surface area contributed by atoms with Gasteiger partial charge in [0.2, 0.25) is 0 Å². The fourth-order valence-corrected chi connectivity index (χ4v) is 2.85. The molecule has 0 radical (unpaired) electrons. The van der Waals surface area contributed by atoms with Crippen LogP contribution in [0.3, 0.4) is 0 Å². The number of amides is 1. The van der Waals surface area contributed by atoms with Crippen molar-refractivity contribution in [3.05, 3.63) is 34.6 Å². The third-order valence-electron chi connectivity index (χ3n) is 3.85. The number of nitrogens with zero attached hydrogens (tertiary/aromatic N) is 1. The van der Waals surface area contributed by atoms with Crippen molar-refractivity contribution in [1.29, 1.82) is 0 Å². The van der Waals surface area contributed by atoms with Gasteiger partial charge < -0.3 is 10.2 Å². The van der Waals surface area contributed by atoms with Gasteiger partial charge >= 0.3 is 0 Å². The summed E-state index contributed by atoms with van der Waals surface area (Å²) in [6.07, 6.45) is 4.16. The maximum absolute atomic E-state index is 13.5. The quantitative estimate of drug-likeness (QED) is 0.872. The molecule has 1 fully saturated rings. The molecule has 0 bridgehead atoms. The summed E-state index contributed by atoms with van der Waals surface area (Å²) >= 11 is 5.94. The van der Waals surface area contributed by atoms with Crippen LogP contribution in [0.2, 0.25) is 5.02 Å². The largest absolute Gasteiger partial charge is 0.337 e. The zero-order valence-corrected chi connectivity index (χ0v) is 13.1.